The van der Waals surface area contributed by atoms with E-state index in [1.165, 1.54) is 6.92 Å². The van der Waals surface area contributed by atoms with Gasteiger partial charge in [-0.15, -0.1) is 0 Å². The van der Waals surface area contributed by atoms with Crippen molar-refractivity contribution in [1.29, 1.82) is 0 Å². The first-order chi connectivity index (χ1) is 7.99. The van der Waals surface area contributed by atoms with E-state index in [4.69, 9.17) is 4.74 Å². The number of hydrogen-bond donors (Lipinski definition) is 1. The number of aldehydes is 1. The number of amides is 1. The second-order valence-electron chi connectivity index (χ2n) is 4.13. The molecule has 1 amide bonds. The summed E-state index contributed by atoms with van der Waals surface area (Å²) in [5, 5.41) is 2.64. The summed E-state index contributed by atoms with van der Waals surface area (Å²) in [5.74, 6) is 0.594. The molecule has 0 aliphatic heterocycles. The zero-order valence-corrected chi connectivity index (χ0v) is 10.5. The molecule has 0 radical (unpaired) electrons. The van der Waals surface area contributed by atoms with Crippen LogP contribution >= 0.6 is 0 Å². The molecule has 92 valence electrons. The second-order valence-corrected chi connectivity index (χ2v) is 4.13. The van der Waals surface area contributed by atoms with Crippen LogP contribution in [0.1, 0.15) is 42.6 Å². The zero-order chi connectivity index (χ0) is 13.0. The Kier molecular flexibility index (Phi) is 4.26. The maximum atomic E-state index is 11.1. The number of hydrogen-bond acceptors (Lipinski definition) is 3. The predicted octanol–water partition coefficient (Wildman–Crippen LogP) is 2.59. The van der Waals surface area contributed by atoms with Crippen molar-refractivity contribution in [2.24, 2.45) is 0 Å². The molecule has 0 spiro atoms. The Balaban J connectivity index is 3.38. The smallest absolute Gasteiger partial charge is 0.221 e. The average Bonchev–Trinajstić information content (AvgIpc) is 2.26. The van der Waals surface area contributed by atoms with Crippen molar-refractivity contribution in [1.82, 2.24) is 0 Å². The molecule has 1 N–H and O–H groups in total. The van der Waals surface area contributed by atoms with E-state index in [1.807, 2.05) is 19.9 Å². The molecular formula is C13H17NO3. The van der Waals surface area contributed by atoms with Gasteiger partial charge in [-0.05, 0) is 17.5 Å². The highest BCUT2D eigenvalue weighted by molar-refractivity contribution is 5.96. The molecule has 0 saturated carbocycles. The van der Waals surface area contributed by atoms with E-state index in [9.17, 15) is 9.59 Å². The number of carbonyl (C=O) groups is 2. The highest BCUT2D eigenvalue weighted by Gasteiger charge is 2.14. The van der Waals surface area contributed by atoms with E-state index in [0.29, 0.717) is 17.0 Å². The van der Waals surface area contributed by atoms with Crippen LogP contribution in [0.25, 0.3) is 0 Å². The Morgan fingerprint density at radius 1 is 1.41 bits per heavy atom. The molecule has 0 unspecified atom stereocenters. The van der Waals surface area contributed by atoms with E-state index >= 15 is 0 Å². The molecule has 4 heteroatoms. The number of anilines is 1. The van der Waals surface area contributed by atoms with Crippen LogP contribution in [-0.2, 0) is 4.79 Å². The summed E-state index contributed by atoms with van der Waals surface area (Å²) in [6, 6.07) is 3.47. The molecule has 4 nitrogen and oxygen atoms in total. The van der Waals surface area contributed by atoms with Crippen LogP contribution in [0, 0.1) is 0 Å². The van der Waals surface area contributed by atoms with Gasteiger partial charge in [-0.2, -0.15) is 0 Å². The van der Waals surface area contributed by atoms with E-state index in [2.05, 4.69) is 5.32 Å². The summed E-state index contributed by atoms with van der Waals surface area (Å²) < 4.78 is 5.16. The Morgan fingerprint density at radius 3 is 2.47 bits per heavy atom. The quantitative estimate of drug-likeness (QED) is 0.816. The van der Waals surface area contributed by atoms with Crippen molar-refractivity contribution in [3.05, 3.63) is 23.3 Å². The SMILES string of the molecule is COc1cc(NC(C)=O)c(C=O)c(C(C)C)c1. The fourth-order valence-corrected chi connectivity index (χ4v) is 1.67. The third kappa shape index (κ3) is 3.06. The van der Waals surface area contributed by atoms with E-state index < -0.39 is 0 Å². The van der Waals surface area contributed by atoms with Crippen molar-refractivity contribution in [3.8, 4) is 5.75 Å². The van der Waals surface area contributed by atoms with E-state index in [-0.39, 0.29) is 11.8 Å². The van der Waals surface area contributed by atoms with Gasteiger partial charge in [-0.1, -0.05) is 13.8 Å². The first-order valence-electron chi connectivity index (χ1n) is 5.44. The van der Waals surface area contributed by atoms with Gasteiger partial charge in [0.25, 0.3) is 0 Å². The van der Waals surface area contributed by atoms with Gasteiger partial charge < -0.3 is 10.1 Å². The van der Waals surface area contributed by atoms with Gasteiger partial charge in [0.1, 0.15) is 5.75 Å². The molecule has 0 fully saturated rings. The molecule has 0 aliphatic rings. The minimum atomic E-state index is -0.212. The standard InChI is InChI=1S/C13H17NO3/c1-8(2)11-5-10(17-4)6-13(12(11)7-15)14-9(3)16/h5-8H,1-4H3,(H,14,16). The molecule has 0 atom stereocenters. The van der Waals surface area contributed by atoms with Crippen molar-refractivity contribution in [2.75, 3.05) is 12.4 Å². The Labute approximate surface area is 101 Å². The Hall–Kier alpha value is -1.84. The normalized spacial score (nSPS) is 10.2. The lowest BCUT2D eigenvalue weighted by molar-refractivity contribution is -0.114. The Morgan fingerprint density at radius 2 is 2.06 bits per heavy atom. The summed E-state index contributed by atoms with van der Waals surface area (Å²) in [4.78, 5) is 22.2. The molecule has 0 bridgehead atoms. The molecule has 0 saturated heterocycles. The van der Waals surface area contributed by atoms with Crippen LogP contribution in [0.3, 0.4) is 0 Å². The highest BCUT2D eigenvalue weighted by atomic mass is 16.5. The largest absolute Gasteiger partial charge is 0.497 e. The van der Waals surface area contributed by atoms with Crippen LogP contribution < -0.4 is 10.1 Å². The Bertz CT molecular complexity index is 439. The monoisotopic (exact) mass is 235 g/mol. The molecule has 0 aliphatic carbocycles. The maximum absolute atomic E-state index is 11.1. The number of ether oxygens (including phenoxy) is 1. The van der Waals surface area contributed by atoms with Gasteiger partial charge >= 0.3 is 0 Å². The summed E-state index contributed by atoms with van der Waals surface area (Å²) in [7, 11) is 1.55. The predicted molar refractivity (Wildman–Crippen MR) is 66.8 cm³/mol. The molecule has 1 rings (SSSR count). The molecule has 1 aromatic rings. The third-order valence-electron chi connectivity index (χ3n) is 2.47. The van der Waals surface area contributed by atoms with Crippen molar-refractivity contribution < 1.29 is 14.3 Å². The molecule has 0 heterocycles. The minimum absolute atomic E-state index is 0.179. The molecule has 1 aromatic carbocycles. The fraction of sp³-hybridized carbons (Fsp3) is 0.385. The van der Waals surface area contributed by atoms with Crippen molar-refractivity contribution in [2.45, 2.75) is 26.7 Å². The number of rotatable bonds is 4. The lowest BCUT2D eigenvalue weighted by atomic mass is 9.96. The number of nitrogens with one attached hydrogen (secondary N) is 1. The molecular weight excluding hydrogens is 218 g/mol. The van der Waals surface area contributed by atoms with Crippen LogP contribution in [0.15, 0.2) is 12.1 Å². The average molecular weight is 235 g/mol. The number of methoxy groups -OCH3 is 1. The van der Waals surface area contributed by atoms with Crippen molar-refractivity contribution >= 4 is 17.9 Å². The molecule has 0 aromatic heterocycles. The van der Waals surface area contributed by atoms with Gasteiger partial charge in [-0.3, -0.25) is 9.59 Å². The van der Waals surface area contributed by atoms with Crippen LogP contribution in [-0.4, -0.2) is 19.3 Å². The van der Waals surface area contributed by atoms with Gasteiger partial charge in [0, 0.05) is 18.6 Å². The van der Waals surface area contributed by atoms with Crippen molar-refractivity contribution in [3.63, 3.8) is 0 Å². The summed E-state index contributed by atoms with van der Waals surface area (Å²) in [5.41, 5.74) is 1.87. The van der Waals surface area contributed by atoms with Gasteiger partial charge in [0.2, 0.25) is 5.91 Å². The first-order valence-corrected chi connectivity index (χ1v) is 5.44. The van der Waals surface area contributed by atoms with Gasteiger partial charge in [-0.25, -0.2) is 0 Å². The van der Waals surface area contributed by atoms with E-state index in [0.717, 1.165) is 11.8 Å². The number of carbonyl (C=O) groups excluding carboxylic acids is 2. The fourth-order valence-electron chi connectivity index (χ4n) is 1.67. The highest BCUT2D eigenvalue weighted by Crippen LogP contribution is 2.30. The number of benzene rings is 1. The second kappa shape index (κ2) is 5.48. The van der Waals surface area contributed by atoms with Crippen LogP contribution in [0.4, 0.5) is 5.69 Å². The maximum Gasteiger partial charge on any atom is 0.221 e. The van der Waals surface area contributed by atoms with Crippen LogP contribution in [0.5, 0.6) is 5.75 Å². The van der Waals surface area contributed by atoms with Gasteiger partial charge in [0.05, 0.1) is 12.8 Å². The third-order valence-corrected chi connectivity index (χ3v) is 2.47. The summed E-state index contributed by atoms with van der Waals surface area (Å²) in [6.07, 6.45) is 0.764. The lowest BCUT2D eigenvalue weighted by Crippen LogP contribution is -2.10. The minimum Gasteiger partial charge on any atom is -0.497 e. The zero-order valence-electron chi connectivity index (χ0n) is 10.5. The van der Waals surface area contributed by atoms with Gasteiger partial charge in [0.15, 0.2) is 6.29 Å². The molecule has 17 heavy (non-hydrogen) atoms. The topological polar surface area (TPSA) is 55.4 Å². The first kappa shape index (κ1) is 13.2. The van der Waals surface area contributed by atoms with E-state index in [1.54, 1.807) is 13.2 Å². The lowest BCUT2D eigenvalue weighted by Gasteiger charge is -2.15. The summed E-state index contributed by atoms with van der Waals surface area (Å²) >= 11 is 0. The summed E-state index contributed by atoms with van der Waals surface area (Å²) in [6.45, 7) is 5.38. The van der Waals surface area contributed by atoms with Crippen LogP contribution in [0.2, 0.25) is 0 Å².